The first-order valence-corrected chi connectivity index (χ1v) is 8.78. The van der Waals surface area contributed by atoms with Crippen molar-refractivity contribution in [3.8, 4) is 0 Å². The average molecular weight is 264 g/mol. The molecule has 2 aliphatic carbocycles. The first-order valence-electron chi connectivity index (χ1n) is 8.78. The van der Waals surface area contributed by atoms with E-state index in [-0.39, 0.29) is 0 Å². The first kappa shape index (κ1) is 13.9. The highest BCUT2D eigenvalue weighted by molar-refractivity contribution is 4.96. The van der Waals surface area contributed by atoms with Crippen LogP contribution in [0.1, 0.15) is 64.7 Å². The summed E-state index contributed by atoms with van der Waals surface area (Å²) in [5.74, 6) is 0.948. The monoisotopic (exact) mass is 264 g/mol. The van der Waals surface area contributed by atoms with Crippen molar-refractivity contribution >= 4 is 0 Å². The van der Waals surface area contributed by atoms with Crippen LogP contribution in [-0.2, 0) is 0 Å². The highest BCUT2D eigenvalue weighted by Crippen LogP contribution is 2.47. The lowest BCUT2D eigenvalue weighted by Gasteiger charge is -2.49. The van der Waals surface area contributed by atoms with Crippen LogP contribution in [0, 0.1) is 11.3 Å². The van der Waals surface area contributed by atoms with Crippen LogP contribution in [0.2, 0.25) is 0 Å². The predicted molar refractivity (Wildman–Crippen MR) is 81.4 cm³/mol. The maximum absolute atomic E-state index is 3.63. The van der Waals surface area contributed by atoms with E-state index in [1.165, 1.54) is 84.0 Å². The van der Waals surface area contributed by atoms with Gasteiger partial charge >= 0.3 is 0 Å². The Morgan fingerprint density at radius 2 is 1.79 bits per heavy atom. The van der Waals surface area contributed by atoms with Gasteiger partial charge in [-0.05, 0) is 82.5 Å². The number of nitrogens with one attached hydrogen (secondary N) is 1. The Morgan fingerprint density at radius 3 is 2.37 bits per heavy atom. The van der Waals surface area contributed by atoms with Gasteiger partial charge in [0.2, 0.25) is 0 Å². The lowest BCUT2D eigenvalue weighted by Crippen LogP contribution is -2.54. The predicted octanol–water partition coefficient (Wildman–Crippen LogP) is 3.42. The molecule has 3 fully saturated rings. The van der Waals surface area contributed by atoms with E-state index in [0.717, 1.165) is 17.4 Å². The van der Waals surface area contributed by atoms with Gasteiger partial charge in [-0.25, -0.2) is 0 Å². The minimum atomic E-state index is 0.788. The number of piperidine rings is 1. The third-order valence-corrected chi connectivity index (χ3v) is 6.20. The first-order chi connectivity index (χ1) is 9.33. The molecule has 0 aromatic carbocycles. The number of nitrogens with zero attached hydrogens (tertiary/aromatic N) is 1. The summed E-state index contributed by atoms with van der Waals surface area (Å²) in [7, 11) is 0. The van der Waals surface area contributed by atoms with Crippen LogP contribution in [0.15, 0.2) is 0 Å². The molecule has 1 spiro atoms. The van der Waals surface area contributed by atoms with E-state index >= 15 is 0 Å². The van der Waals surface area contributed by atoms with Crippen molar-refractivity contribution in [2.75, 3.05) is 26.2 Å². The lowest BCUT2D eigenvalue weighted by atomic mass is 9.73. The molecule has 1 heterocycles. The quantitative estimate of drug-likeness (QED) is 0.765. The van der Waals surface area contributed by atoms with Gasteiger partial charge in [-0.15, -0.1) is 0 Å². The molecule has 3 rings (SSSR count). The second-order valence-electron chi connectivity index (χ2n) is 7.35. The Hall–Kier alpha value is -0.0800. The summed E-state index contributed by atoms with van der Waals surface area (Å²) in [6.07, 6.45) is 13.3. The molecule has 0 radical (unpaired) electrons. The molecule has 2 unspecified atom stereocenters. The molecule has 2 heteroatoms. The van der Waals surface area contributed by atoms with Gasteiger partial charge < -0.3 is 10.2 Å². The highest BCUT2D eigenvalue weighted by Gasteiger charge is 2.41. The lowest BCUT2D eigenvalue weighted by molar-refractivity contribution is 0.00976. The van der Waals surface area contributed by atoms with Crippen LogP contribution in [0.3, 0.4) is 0 Å². The molecule has 0 amide bonds. The van der Waals surface area contributed by atoms with Gasteiger partial charge in [0.1, 0.15) is 0 Å². The van der Waals surface area contributed by atoms with E-state index in [1.807, 2.05) is 0 Å². The van der Waals surface area contributed by atoms with E-state index in [0.29, 0.717) is 0 Å². The van der Waals surface area contributed by atoms with E-state index in [9.17, 15) is 0 Å². The van der Waals surface area contributed by atoms with Gasteiger partial charge in [0.25, 0.3) is 0 Å². The average Bonchev–Trinajstić information content (AvgIpc) is 2.85. The van der Waals surface area contributed by atoms with E-state index in [1.54, 1.807) is 0 Å². The molecule has 110 valence electrons. The largest absolute Gasteiger partial charge is 0.316 e. The molecule has 0 aromatic rings. The van der Waals surface area contributed by atoms with Crippen LogP contribution in [0.25, 0.3) is 0 Å². The summed E-state index contributed by atoms with van der Waals surface area (Å²) < 4.78 is 0. The number of hydrogen-bond acceptors (Lipinski definition) is 2. The maximum Gasteiger partial charge on any atom is 0.0136 e. The van der Waals surface area contributed by atoms with Crippen molar-refractivity contribution in [3.05, 3.63) is 0 Å². The number of likely N-dealkylation sites (tertiary alicyclic amines) is 1. The molecular weight excluding hydrogens is 232 g/mol. The fourth-order valence-corrected chi connectivity index (χ4v) is 4.69. The maximum atomic E-state index is 3.63. The summed E-state index contributed by atoms with van der Waals surface area (Å²) in [4.78, 5) is 2.84. The van der Waals surface area contributed by atoms with E-state index in [4.69, 9.17) is 0 Å². The minimum absolute atomic E-state index is 0.788. The zero-order valence-corrected chi connectivity index (χ0v) is 12.8. The Morgan fingerprint density at radius 1 is 1.05 bits per heavy atom. The second-order valence-corrected chi connectivity index (χ2v) is 7.35. The summed E-state index contributed by atoms with van der Waals surface area (Å²) in [5.41, 5.74) is 0.788. The topological polar surface area (TPSA) is 15.3 Å². The fourth-order valence-electron chi connectivity index (χ4n) is 4.69. The molecule has 1 aliphatic heterocycles. The minimum Gasteiger partial charge on any atom is -0.316 e. The fraction of sp³-hybridized carbons (Fsp3) is 1.00. The second kappa shape index (κ2) is 6.13. The van der Waals surface area contributed by atoms with Gasteiger partial charge in [0.15, 0.2) is 0 Å². The summed E-state index contributed by atoms with van der Waals surface area (Å²) in [6, 6.07) is 0.920. The third-order valence-electron chi connectivity index (χ3n) is 6.20. The van der Waals surface area contributed by atoms with Gasteiger partial charge in [-0.1, -0.05) is 19.8 Å². The van der Waals surface area contributed by atoms with Crippen molar-refractivity contribution in [2.24, 2.45) is 11.3 Å². The molecule has 1 N–H and O–H groups in total. The van der Waals surface area contributed by atoms with Crippen molar-refractivity contribution in [2.45, 2.75) is 70.8 Å². The van der Waals surface area contributed by atoms with Crippen molar-refractivity contribution in [1.29, 1.82) is 0 Å². The number of rotatable bonds is 5. The molecule has 3 aliphatic rings. The van der Waals surface area contributed by atoms with E-state index < -0.39 is 0 Å². The van der Waals surface area contributed by atoms with Gasteiger partial charge in [0, 0.05) is 6.04 Å². The zero-order chi connectivity index (χ0) is 13.1. The molecule has 2 atom stereocenters. The molecular formula is C17H32N2. The van der Waals surface area contributed by atoms with Crippen molar-refractivity contribution in [1.82, 2.24) is 10.2 Å². The number of hydrogen-bond donors (Lipinski definition) is 1. The van der Waals surface area contributed by atoms with Gasteiger partial charge in [-0.3, -0.25) is 0 Å². The highest BCUT2D eigenvalue weighted by atomic mass is 15.2. The molecule has 1 saturated heterocycles. The van der Waals surface area contributed by atoms with Crippen LogP contribution in [-0.4, -0.2) is 37.1 Å². The van der Waals surface area contributed by atoms with E-state index in [2.05, 4.69) is 17.1 Å². The van der Waals surface area contributed by atoms with Crippen LogP contribution >= 0.6 is 0 Å². The SMILES string of the molecule is CCCNCC1CCC1N1CCC2(CCCC2)CC1. The van der Waals surface area contributed by atoms with Crippen LogP contribution < -0.4 is 5.32 Å². The third kappa shape index (κ3) is 3.00. The Bertz CT molecular complexity index is 273. The Balaban J connectivity index is 1.43. The van der Waals surface area contributed by atoms with Gasteiger partial charge in [0.05, 0.1) is 0 Å². The standard InChI is InChI=1S/C17H32N2/c1-2-11-18-14-15-5-6-16(15)19-12-9-17(10-13-19)7-3-4-8-17/h15-16,18H,2-14H2,1H3. The Labute approximate surface area is 119 Å². The molecule has 0 bridgehead atoms. The molecule has 19 heavy (non-hydrogen) atoms. The van der Waals surface area contributed by atoms with Gasteiger partial charge in [-0.2, -0.15) is 0 Å². The van der Waals surface area contributed by atoms with Crippen molar-refractivity contribution < 1.29 is 0 Å². The van der Waals surface area contributed by atoms with Crippen LogP contribution in [0.4, 0.5) is 0 Å². The normalized spacial score (nSPS) is 34.6. The molecule has 2 nitrogen and oxygen atoms in total. The Kier molecular flexibility index (Phi) is 4.48. The summed E-state index contributed by atoms with van der Waals surface area (Å²) in [5, 5.41) is 3.63. The molecule has 0 aromatic heterocycles. The molecule has 2 saturated carbocycles. The smallest absolute Gasteiger partial charge is 0.0136 e. The van der Waals surface area contributed by atoms with Crippen molar-refractivity contribution in [3.63, 3.8) is 0 Å². The zero-order valence-electron chi connectivity index (χ0n) is 12.8. The van der Waals surface area contributed by atoms with Crippen LogP contribution in [0.5, 0.6) is 0 Å². The summed E-state index contributed by atoms with van der Waals surface area (Å²) >= 11 is 0. The summed E-state index contributed by atoms with van der Waals surface area (Å²) in [6.45, 7) is 7.52.